The molecule has 3 aromatic rings. The monoisotopic (exact) mass is 488 g/mol. The summed E-state index contributed by atoms with van der Waals surface area (Å²) in [5, 5.41) is 3.48. The molecule has 4 heterocycles. The van der Waals surface area contributed by atoms with E-state index in [-0.39, 0.29) is 12.1 Å². The van der Waals surface area contributed by atoms with Crippen LogP contribution in [0.15, 0.2) is 24.3 Å². The maximum Gasteiger partial charge on any atom is 0.296 e. The molecule has 35 heavy (non-hydrogen) atoms. The fraction of sp³-hybridized carbons (Fsp3) is 0.522. The summed E-state index contributed by atoms with van der Waals surface area (Å²) in [5.74, 6) is 1.53. The number of aromatic nitrogens is 4. The van der Waals surface area contributed by atoms with Gasteiger partial charge in [0.05, 0.1) is 32.0 Å². The van der Waals surface area contributed by atoms with E-state index in [1.807, 2.05) is 20.2 Å². The Morgan fingerprint density at radius 3 is 2.51 bits per heavy atom. The molecule has 2 aromatic heterocycles. The predicted molar refractivity (Wildman–Crippen MR) is 129 cm³/mol. The summed E-state index contributed by atoms with van der Waals surface area (Å²) in [6.07, 6.45) is -2.67. The average Bonchev–Trinajstić information content (AvgIpc) is 3.29. The largest absolute Gasteiger partial charge is 0.494 e. The Labute approximate surface area is 202 Å². The van der Waals surface area contributed by atoms with Crippen LogP contribution in [-0.4, -0.2) is 97.7 Å². The van der Waals surface area contributed by atoms with Gasteiger partial charge in [0.1, 0.15) is 22.9 Å². The van der Waals surface area contributed by atoms with Gasteiger partial charge in [0.2, 0.25) is 5.95 Å². The molecule has 2 saturated heterocycles. The number of morpholine rings is 1. The van der Waals surface area contributed by atoms with Gasteiger partial charge in [-0.25, -0.2) is 13.8 Å². The molecule has 2 fully saturated rings. The van der Waals surface area contributed by atoms with Crippen LogP contribution in [-0.2, 0) is 4.74 Å². The standard InChI is InChI=1S/C23H30F2N8O2/c1-30(2)19-14-32(8-7-26-19)18-13-17(31-9-11-35-12-10-31)27-23(28-18)33-15-5-4-6-16(34-3)20(15)29-22(33)21(24)25/h4-6,13,19,21,26H,7-12,14H2,1-3H3. The molecule has 1 N–H and O–H groups in total. The minimum absolute atomic E-state index is 0.143. The number of anilines is 2. The molecule has 0 spiro atoms. The average molecular weight is 489 g/mol. The van der Waals surface area contributed by atoms with E-state index in [0.717, 1.165) is 13.1 Å². The first-order chi connectivity index (χ1) is 17.0. The van der Waals surface area contributed by atoms with Gasteiger partial charge < -0.3 is 19.3 Å². The highest BCUT2D eigenvalue weighted by Crippen LogP contribution is 2.33. The van der Waals surface area contributed by atoms with Crippen molar-refractivity contribution in [1.82, 2.24) is 29.7 Å². The first-order valence-electron chi connectivity index (χ1n) is 11.7. The van der Waals surface area contributed by atoms with Gasteiger partial charge in [-0.15, -0.1) is 0 Å². The van der Waals surface area contributed by atoms with E-state index < -0.39 is 12.2 Å². The van der Waals surface area contributed by atoms with Crippen molar-refractivity contribution < 1.29 is 18.3 Å². The highest BCUT2D eigenvalue weighted by molar-refractivity contribution is 5.84. The summed E-state index contributed by atoms with van der Waals surface area (Å²) in [4.78, 5) is 20.2. The van der Waals surface area contributed by atoms with E-state index in [1.165, 1.54) is 11.7 Å². The molecule has 10 nitrogen and oxygen atoms in total. The molecular weight excluding hydrogens is 458 g/mol. The number of para-hydroxylation sites is 1. The van der Waals surface area contributed by atoms with Gasteiger partial charge in [-0.1, -0.05) is 6.07 Å². The van der Waals surface area contributed by atoms with Crippen molar-refractivity contribution >= 4 is 22.7 Å². The van der Waals surface area contributed by atoms with E-state index in [4.69, 9.17) is 19.4 Å². The number of hydrogen-bond donors (Lipinski definition) is 1. The van der Waals surface area contributed by atoms with E-state index in [2.05, 4.69) is 25.0 Å². The summed E-state index contributed by atoms with van der Waals surface area (Å²) < 4.78 is 40.6. The number of alkyl halides is 2. The smallest absolute Gasteiger partial charge is 0.296 e. The Bertz CT molecular complexity index is 1180. The number of imidazole rings is 1. The SMILES string of the molecule is COc1cccc2c1nc(C(F)F)n2-c1nc(N2CCOCC2)cc(N2CCNC(N(C)C)C2)n1. The maximum absolute atomic E-state index is 14.2. The van der Waals surface area contributed by atoms with Crippen molar-refractivity contribution in [2.24, 2.45) is 0 Å². The fourth-order valence-corrected chi connectivity index (χ4v) is 4.52. The third-order valence-corrected chi connectivity index (χ3v) is 6.41. The topological polar surface area (TPSA) is 83.8 Å². The predicted octanol–water partition coefficient (Wildman–Crippen LogP) is 1.90. The zero-order valence-corrected chi connectivity index (χ0v) is 20.1. The maximum atomic E-state index is 14.2. The molecule has 0 saturated carbocycles. The second-order valence-electron chi connectivity index (χ2n) is 8.80. The van der Waals surface area contributed by atoms with Gasteiger partial charge in [-0.05, 0) is 26.2 Å². The number of likely N-dealkylation sites (N-methyl/N-ethyl adjacent to an activating group) is 1. The van der Waals surface area contributed by atoms with Crippen molar-refractivity contribution in [3.8, 4) is 11.7 Å². The molecule has 5 rings (SSSR count). The number of hydrogen-bond acceptors (Lipinski definition) is 9. The van der Waals surface area contributed by atoms with Gasteiger partial charge in [-0.2, -0.15) is 9.97 Å². The molecule has 0 amide bonds. The van der Waals surface area contributed by atoms with Crippen molar-refractivity contribution in [3.05, 3.63) is 30.1 Å². The Kier molecular flexibility index (Phi) is 6.67. The number of nitrogens with one attached hydrogen (secondary N) is 1. The van der Waals surface area contributed by atoms with Crippen LogP contribution < -0.4 is 19.9 Å². The Hall–Kier alpha value is -3.09. The van der Waals surface area contributed by atoms with Gasteiger partial charge in [0.15, 0.2) is 5.82 Å². The summed E-state index contributed by atoms with van der Waals surface area (Å²) in [7, 11) is 5.53. The molecule has 0 bridgehead atoms. The molecule has 1 aromatic carbocycles. The van der Waals surface area contributed by atoms with E-state index in [0.29, 0.717) is 61.3 Å². The number of methoxy groups -OCH3 is 1. The quantitative estimate of drug-likeness (QED) is 0.559. The van der Waals surface area contributed by atoms with E-state index in [9.17, 15) is 8.78 Å². The first-order valence-corrected chi connectivity index (χ1v) is 11.7. The van der Waals surface area contributed by atoms with Crippen LogP contribution in [0.25, 0.3) is 17.0 Å². The fourth-order valence-electron chi connectivity index (χ4n) is 4.52. The minimum atomic E-state index is -2.82. The lowest BCUT2D eigenvalue weighted by Gasteiger charge is -2.38. The molecule has 0 aliphatic carbocycles. The van der Waals surface area contributed by atoms with Crippen LogP contribution in [0.2, 0.25) is 0 Å². The van der Waals surface area contributed by atoms with Crippen molar-refractivity contribution in [1.29, 1.82) is 0 Å². The van der Waals surface area contributed by atoms with Crippen molar-refractivity contribution in [3.63, 3.8) is 0 Å². The molecule has 188 valence electrons. The number of ether oxygens (including phenoxy) is 2. The third kappa shape index (κ3) is 4.60. The molecule has 1 unspecified atom stereocenters. The van der Waals surface area contributed by atoms with Crippen LogP contribution in [0, 0.1) is 0 Å². The summed E-state index contributed by atoms with van der Waals surface area (Å²) in [5.41, 5.74) is 0.818. The Balaban J connectivity index is 1.67. The molecular formula is C23H30F2N8O2. The minimum Gasteiger partial charge on any atom is -0.494 e. The zero-order valence-electron chi connectivity index (χ0n) is 20.1. The number of nitrogens with zero attached hydrogens (tertiary/aromatic N) is 7. The van der Waals surface area contributed by atoms with Crippen LogP contribution in [0.3, 0.4) is 0 Å². The number of piperazine rings is 1. The normalized spacial score (nSPS) is 19.2. The molecule has 2 aliphatic rings. The van der Waals surface area contributed by atoms with E-state index in [1.54, 1.807) is 18.2 Å². The molecule has 0 radical (unpaired) electrons. The third-order valence-electron chi connectivity index (χ3n) is 6.41. The van der Waals surface area contributed by atoms with Crippen molar-refractivity contribution in [2.75, 3.05) is 76.9 Å². The van der Waals surface area contributed by atoms with E-state index >= 15 is 0 Å². The van der Waals surface area contributed by atoms with Gasteiger partial charge >= 0.3 is 0 Å². The van der Waals surface area contributed by atoms with Crippen LogP contribution in [0.5, 0.6) is 5.75 Å². The number of fused-ring (bicyclic) bond motifs is 1. The second-order valence-corrected chi connectivity index (χ2v) is 8.80. The number of benzene rings is 1. The van der Waals surface area contributed by atoms with Crippen LogP contribution in [0.1, 0.15) is 12.2 Å². The zero-order chi connectivity index (χ0) is 24.5. The highest BCUT2D eigenvalue weighted by atomic mass is 19.3. The summed E-state index contributed by atoms with van der Waals surface area (Å²) in [6.45, 7) is 4.71. The van der Waals surface area contributed by atoms with Gasteiger partial charge in [0.25, 0.3) is 6.43 Å². The lowest BCUT2D eigenvalue weighted by atomic mass is 10.3. The lowest BCUT2D eigenvalue weighted by molar-refractivity contribution is 0.122. The van der Waals surface area contributed by atoms with Gasteiger partial charge in [-0.3, -0.25) is 14.8 Å². The molecule has 12 heteroatoms. The lowest BCUT2D eigenvalue weighted by Crippen LogP contribution is -2.56. The van der Waals surface area contributed by atoms with Gasteiger partial charge in [0, 0.05) is 38.8 Å². The molecule has 1 atom stereocenters. The summed E-state index contributed by atoms with van der Waals surface area (Å²) >= 11 is 0. The van der Waals surface area contributed by atoms with Crippen LogP contribution in [0.4, 0.5) is 20.4 Å². The number of halogens is 2. The highest BCUT2D eigenvalue weighted by Gasteiger charge is 2.27. The van der Waals surface area contributed by atoms with Crippen LogP contribution >= 0.6 is 0 Å². The summed E-state index contributed by atoms with van der Waals surface area (Å²) in [6, 6.07) is 7.12. The Morgan fingerprint density at radius 1 is 1.09 bits per heavy atom. The number of rotatable bonds is 6. The van der Waals surface area contributed by atoms with Crippen molar-refractivity contribution in [2.45, 2.75) is 12.6 Å². The second kappa shape index (κ2) is 9.88. The first kappa shape index (κ1) is 23.6. The molecule has 2 aliphatic heterocycles. The Morgan fingerprint density at radius 2 is 1.83 bits per heavy atom.